The molecule has 0 amide bonds. The minimum atomic E-state index is -0.610. The highest BCUT2D eigenvalue weighted by molar-refractivity contribution is 6.30. The Balaban J connectivity index is 3.18. The largest absolute Gasteiger partial charge is 0.388 e. The Kier molecular flexibility index (Phi) is 3.94. The minimum Gasteiger partial charge on any atom is -0.388 e. The molecule has 1 aromatic rings. The van der Waals surface area contributed by atoms with E-state index < -0.39 is 6.10 Å². The molecule has 1 heterocycles. The second-order valence-corrected chi connectivity index (χ2v) is 4.27. The van der Waals surface area contributed by atoms with Crippen molar-refractivity contribution in [3.63, 3.8) is 0 Å². The van der Waals surface area contributed by atoms with E-state index in [0.717, 1.165) is 11.3 Å². The molecule has 1 unspecified atom stereocenters. The van der Waals surface area contributed by atoms with Gasteiger partial charge in [0.15, 0.2) is 0 Å². The highest BCUT2D eigenvalue weighted by Gasteiger charge is 2.22. The fourth-order valence-electron chi connectivity index (χ4n) is 1.55. The Morgan fingerprint density at radius 1 is 1.60 bits per heavy atom. The van der Waals surface area contributed by atoms with Crippen LogP contribution in [0.1, 0.15) is 43.5 Å². The molecule has 0 aliphatic rings. The third-order valence-electron chi connectivity index (χ3n) is 2.31. The first-order valence-electron chi connectivity index (χ1n) is 5.00. The van der Waals surface area contributed by atoms with Gasteiger partial charge < -0.3 is 5.11 Å². The molecule has 0 aromatic carbocycles. The van der Waals surface area contributed by atoms with Crippen molar-refractivity contribution < 1.29 is 5.11 Å². The summed E-state index contributed by atoms with van der Waals surface area (Å²) < 4.78 is 1.60. The van der Waals surface area contributed by atoms with Gasteiger partial charge >= 0.3 is 0 Å². The topological polar surface area (TPSA) is 38.1 Å². The molecule has 1 atom stereocenters. The third kappa shape index (κ3) is 2.41. The first-order valence-corrected chi connectivity index (χ1v) is 5.38. The Morgan fingerprint density at radius 2 is 2.20 bits per heavy atom. The van der Waals surface area contributed by atoms with Crippen LogP contribution in [0.2, 0.25) is 5.15 Å². The number of hydrogen-bond donors (Lipinski definition) is 1. The van der Waals surface area contributed by atoms with Crippen LogP contribution in [0.4, 0.5) is 0 Å². The molecule has 0 radical (unpaired) electrons. The molecule has 0 saturated heterocycles. The van der Waals surface area contributed by atoms with Gasteiger partial charge in [-0.05, 0) is 12.3 Å². The molecule has 3 nitrogen and oxygen atoms in total. The summed E-state index contributed by atoms with van der Waals surface area (Å²) in [5.74, 6) is 0.248. The molecular weight excluding hydrogens is 212 g/mol. The summed E-state index contributed by atoms with van der Waals surface area (Å²) in [6, 6.07) is 0. The molecule has 0 spiro atoms. The van der Waals surface area contributed by atoms with Crippen LogP contribution in [0.3, 0.4) is 0 Å². The van der Waals surface area contributed by atoms with Gasteiger partial charge in [-0.15, -0.1) is 6.58 Å². The fourth-order valence-corrected chi connectivity index (χ4v) is 1.81. The molecule has 1 aromatic heterocycles. The van der Waals surface area contributed by atoms with Gasteiger partial charge in [-0.25, -0.2) is 0 Å². The molecule has 0 saturated carbocycles. The number of aromatic nitrogens is 2. The summed E-state index contributed by atoms with van der Waals surface area (Å²) >= 11 is 6.09. The Hall–Kier alpha value is -0.800. The lowest BCUT2D eigenvalue weighted by Crippen LogP contribution is -2.01. The van der Waals surface area contributed by atoms with E-state index in [0.29, 0.717) is 11.6 Å². The van der Waals surface area contributed by atoms with E-state index in [1.165, 1.54) is 0 Å². The molecule has 0 aliphatic carbocycles. The summed E-state index contributed by atoms with van der Waals surface area (Å²) in [6.45, 7) is 7.67. The van der Waals surface area contributed by atoms with E-state index in [1.54, 1.807) is 17.8 Å². The van der Waals surface area contributed by atoms with Gasteiger partial charge in [0.1, 0.15) is 5.15 Å². The lowest BCUT2D eigenvalue weighted by molar-refractivity contribution is 0.180. The van der Waals surface area contributed by atoms with E-state index in [-0.39, 0.29) is 5.92 Å². The Morgan fingerprint density at radius 3 is 2.67 bits per heavy atom. The number of nitrogens with zero attached hydrogens (tertiary/aromatic N) is 2. The van der Waals surface area contributed by atoms with Crippen LogP contribution in [0.25, 0.3) is 0 Å². The van der Waals surface area contributed by atoms with Crippen LogP contribution >= 0.6 is 11.6 Å². The highest BCUT2D eigenvalue weighted by Crippen LogP contribution is 2.32. The minimum absolute atomic E-state index is 0.248. The molecule has 0 bridgehead atoms. The summed E-state index contributed by atoms with van der Waals surface area (Å²) in [5, 5.41) is 14.7. The molecule has 4 heteroatoms. The lowest BCUT2D eigenvalue weighted by atomic mass is 10.0. The van der Waals surface area contributed by atoms with Gasteiger partial charge in [0.2, 0.25) is 0 Å². The van der Waals surface area contributed by atoms with E-state index in [2.05, 4.69) is 11.7 Å². The van der Waals surface area contributed by atoms with Gasteiger partial charge in [-0.3, -0.25) is 4.68 Å². The molecular formula is C11H17ClN2O. The standard InChI is InChI=1S/C11H17ClN2O/c1-5-6-8(15)9-10(7(2)3)13-14(4)11(9)12/h5,7-8,15H,1,6H2,2-4H3. The average molecular weight is 229 g/mol. The molecule has 1 N–H and O–H groups in total. The number of aryl methyl sites for hydroxylation is 1. The van der Waals surface area contributed by atoms with Crippen molar-refractivity contribution in [2.45, 2.75) is 32.3 Å². The van der Waals surface area contributed by atoms with E-state index in [1.807, 2.05) is 13.8 Å². The number of halogens is 1. The zero-order valence-electron chi connectivity index (χ0n) is 9.37. The predicted octanol–water partition coefficient (Wildman–Crippen LogP) is 2.81. The van der Waals surface area contributed by atoms with Crippen LogP contribution in [0.5, 0.6) is 0 Å². The maximum atomic E-state index is 9.94. The van der Waals surface area contributed by atoms with Crippen LogP contribution in [0, 0.1) is 0 Å². The van der Waals surface area contributed by atoms with Gasteiger partial charge in [-0.2, -0.15) is 5.10 Å². The second kappa shape index (κ2) is 4.81. The number of aliphatic hydroxyl groups excluding tert-OH is 1. The molecule has 0 fully saturated rings. The van der Waals surface area contributed by atoms with E-state index in [4.69, 9.17) is 11.6 Å². The average Bonchev–Trinajstić information content (AvgIpc) is 2.44. The predicted molar refractivity (Wildman–Crippen MR) is 62.1 cm³/mol. The van der Waals surface area contributed by atoms with Crippen LogP contribution in [-0.4, -0.2) is 14.9 Å². The fraction of sp³-hybridized carbons (Fsp3) is 0.545. The van der Waals surface area contributed by atoms with Crippen molar-refractivity contribution >= 4 is 11.6 Å². The van der Waals surface area contributed by atoms with Gasteiger partial charge in [-0.1, -0.05) is 31.5 Å². The SMILES string of the molecule is C=CCC(O)c1c(C(C)C)nn(C)c1Cl. The number of hydrogen-bond acceptors (Lipinski definition) is 2. The first-order chi connectivity index (χ1) is 6.99. The van der Waals surface area contributed by atoms with E-state index >= 15 is 0 Å². The maximum Gasteiger partial charge on any atom is 0.132 e. The molecule has 15 heavy (non-hydrogen) atoms. The van der Waals surface area contributed by atoms with Crippen LogP contribution in [0.15, 0.2) is 12.7 Å². The summed E-state index contributed by atoms with van der Waals surface area (Å²) in [7, 11) is 1.78. The zero-order valence-corrected chi connectivity index (χ0v) is 10.1. The molecule has 1 rings (SSSR count). The zero-order chi connectivity index (χ0) is 11.6. The van der Waals surface area contributed by atoms with Crippen LogP contribution in [-0.2, 0) is 7.05 Å². The normalized spacial score (nSPS) is 13.2. The van der Waals surface area contributed by atoms with Gasteiger partial charge in [0.05, 0.1) is 11.8 Å². The van der Waals surface area contributed by atoms with Crippen molar-refractivity contribution in [1.29, 1.82) is 0 Å². The highest BCUT2D eigenvalue weighted by atomic mass is 35.5. The maximum absolute atomic E-state index is 9.94. The summed E-state index contributed by atoms with van der Waals surface area (Å²) in [5.41, 5.74) is 1.59. The van der Waals surface area contributed by atoms with Crippen molar-refractivity contribution in [2.75, 3.05) is 0 Å². The summed E-state index contributed by atoms with van der Waals surface area (Å²) in [4.78, 5) is 0. The lowest BCUT2D eigenvalue weighted by Gasteiger charge is -2.10. The molecule has 0 aliphatic heterocycles. The first kappa shape index (κ1) is 12.3. The monoisotopic (exact) mass is 228 g/mol. The van der Waals surface area contributed by atoms with Crippen LogP contribution < -0.4 is 0 Å². The van der Waals surface area contributed by atoms with Gasteiger partial charge in [0, 0.05) is 12.6 Å². The van der Waals surface area contributed by atoms with E-state index in [9.17, 15) is 5.11 Å². The third-order valence-corrected chi connectivity index (χ3v) is 2.76. The van der Waals surface area contributed by atoms with Crippen molar-refractivity contribution in [3.05, 3.63) is 29.1 Å². The Labute approximate surface area is 95.4 Å². The van der Waals surface area contributed by atoms with Crippen molar-refractivity contribution in [3.8, 4) is 0 Å². The quantitative estimate of drug-likeness (QED) is 0.805. The number of aliphatic hydroxyl groups is 1. The van der Waals surface area contributed by atoms with Gasteiger partial charge in [0.25, 0.3) is 0 Å². The van der Waals surface area contributed by atoms with Crippen molar-refractivity contribution in [2.24, 2.45) is 7.05 Å². The molecule has 84 valence electrons. The Bertz CT molecular complexity index is 358. The number of rotatable bonds is 4. The smallest absolute Gasteiger partial charge is 0.132 e. The second-order valence-electron chi connectivity index (χ2n) is 3.91. The summed E-state index contributed by atoms with van der Waals surface area (Å²) in [6.07, 6.45) is 1.56. The van der Waals surface area contributed by atoms with Crippen molar-refractivity contribution in [1.82, 2.24) is 9.78 Å².